The van der Waals surface area contributed by atoms with Crippen LogP contribution in [-0.4, -0.2) is 29.2 Å². The minimum atomic E-state index is -0.515. The van der Waals surface area contributed by atoms with Crippen molar-refractivity contribution in [1.82, 2.24) is 9.97 Å². The first-order chi connectivity index (χ1) is 10.1. The highest BCUT2D eigenvalue weighted by molar-refractivity contribution is 5.88. The molecule has 1 aromatic heterocycles. The first-order valence-corrected chi connectivity index (χ1v) is 6.69. The zero-order chi connectivity index (χ0) is 15.2. The number of carbonyl (C=O) groups is 1. The summed E-state index contributed by atoms with van der Waals surface area (Å²) in [6, 6.07) is 8.93. The van der Waals surface area contributed by atoms with E-state index in [0.717, 1.165) is 11.3 Å². The normalized spacial score (nSPS) is 10.2. The number of nitrogen functional groups attached to an aromatic ring is 1. The number of benzene rings is 1. The van der Waals surface area contributed by atoms with Crippen molar-refractivity contribution in [2.45, 2.75) is 13.8 Å². The molecule has 2 aromatic rings. The van der Waals surface area contributed by atoms with Crippen molar-refractivity contribution in [3.63, 3.8) is 0 Å². The molecule has 1 heterocycles. The van der Waals surface area contributed by atoms with Crippen LogP contribution in [0, 0.1) is 0 Å². The summed E-state index contributed by atoms with van der Waals surface area (Å²) in [6.07, 6.45) is 0. The van der Waals surface area contributed by atoms with Crippen molar-refractivity contribution < 1.29 is 14.3 Å². The number of carbonyl (C=O) groups excluding carboxylic acids is 1. The molecule has 0 atom stereocenters. The average molecular weight is 287 g/mol. The predicted octanol–water partition coefficient (Wildman–Crippen LogP) is 2.30. The highest BCUT2D eigenvalue weighted by Gasteiger charge is 2.12. The molecule has 0 aliphatic carbocycles. The van der Waals surface area contributed by atoms with Crippen LogP contribution in [0.5, 0.6) is 5.75 Å². The third-order valence-electron chi connectivity index (χ3n) is 2.69. The number of ether oxygens (including phenoxy) is 2. The summed E-state index contributed by atoms with van der Waals surface area (Å²) in [6.45, 7) is 4.54. The Morgan fingerprint density at radius 1 is 1.14 bits per heavy atom. The van der Waals surface area contributed by atoms with Gasteiger partial charge in [0.25, 0.3) is 0 Å². The molecule has 6 heteroatoms. The summed E-state index contributed by atoms with van der Waals surface area (Å²) in [5.41, 5.74) is 7.18. The molecule has 0 saturated carbocycles. The van der Waals surface area contributed by atoms with E-state index in [4.69, 9.17) is 15.2 Å². The van der Waals surface area contributed by atoms with Gasteiger partial charge >= 0.3 is 5.97 Å². The number of hydrogen-bond donors (Lipinski definition) is 1. The van der Waals surface area contributed by atoms with E-state index in [-0.39, 0.29) is 18.2 Å². The molecule has 0 fully saturated rings. The van der Waals surface area contributed by atoms with Gasteiger partial charge in [0.05, 0.1) is 18.9 Å². The maximum Gasteiger partial charge on any atom is 0.357 e. The molecular formula is C15H17N3O3. The third kappa shape index (κ3) is 3.68. The van der Waals surface area contributed by atoms with Crippen molar-refractivity contribution >= 4 is 11.9 Å². The molecule has 21 heavy (non-hydrogen) atoms. The molecule has 0 spiro atoms. The monoisotopic (exact) mass is 287 g/mol. The van der Waals surface area contributed by atoms with E-state index in [1.807, 2.05) is 31.2 Å². The third-order valence-corrected chi connectivity index (χ3v) is 2.69. The number of nitrogens with two attached hydrogens (primary N) is 1. The van der Waals surface area contributed by atoms with Crippen LogP contribution < -0.4 is 10.5 Å². The molecule has 0 bridgehead atoms. The van der Waals surface area contributed by atoms with Crippen LogP contribution in [0.4, 0.5) is 5.95 Å². The first kappa shape index (κ1) is 14.8. The Morgan fingerprint density at radius 2 is 1.86 bits per heavy atom. The van der Waals surface area contributed by atoms with E-state index >= 15 is 0 Å². The van der Waals surface area contributed by atoms with E-state index in [1.54, 1.807) is 13.0 Å². The lowest BCUT2D eigenvalue weighted by Crippen LogP contribution is -2.10. The second-order valence-corrected chi connectivity index (χ2v) is 4.17. The van der Waals surface area contributed by atoms with Crippen LogP contribution in [-0.2, 0) is 4.74 Å². The number of hydrogen-bond acceptors (Lipinski definition) is 6. The predicted molar refractivity (Wildman–Crippen MR) is 79.0 cm³/mol. The Kier molecular flexibility index (Phi) is 4.71. The summed E-state index contributed by atoms with van der Waals surface area (Å²) >= 11 is 0. The Hall–Kier alpha value is -2.63. The fourth-order valence-corrected chi connectivity index (χ4v) is 1.81. The topological polar surface area (TPSA) is 87.3 Å². The summed E-state index contributed by atoms with van der Waals surface area (Å²) in [5, 5.41) is 0. The summed E-state index contributed by atoms with van der Waals surface area (Å²) in [5.74, 6) is 0.289. The van der Waals surface area contributed by atoms with Crippen LogP contribution in [0.2, 0.25) is 0 Å². The molecule has 1 aromatic carbocycles. The maximum atomic E-state index is 11.7. The smallest absolute Gasteiger partial charge is 0.357 e. The van der Waals surface area contributed by atoms with Crippen LogP contribution in [0.3, 0.4) is 0 Å². The van der Waals surface area contributed by atoms with Gasteiger partial charge in [0.15, 0.2) is 5.69 Å². The van der Waals surface area contributed by atoms with Crippen LogP contribution >= 0.6 is 0 Å². The molecule has 2 rings (SSSR count). The second-order valence-electron chi connectivity index (χ2n) is 4.17. The van der Waals surface area contributed by atoms with Crippen molar-refractivity contribution in [3.8, 4) is 17.0 Å². The zero-order valence-corrected chi connectivity index (χ0v) is 12.0. The molecule has 0 saturated heterocycles. The van der Waals surface area contributed by atoms with Crippen molar-refractivity contribution in [2.75, 3.05) is 18.9 Å². The maximum absolute atomic E-state index is 11.7. The van der Waals surface area contributed by atoms with Gasteiger partial charge in [-0.25, -0.2) is 14.8 Å². The number of rotatable bonds is 5. The molecule has 0 aliphatic rings. The quantitative estimate of drug-likeness (QED) is 0.849. The van der Waals surface area contributed by atoms with Gasteiger partial charge in [-0.1, -0.05) is 0 Å². The van der Waals surface area contributed by atoms with Crippen molar-refractivity contribution in [1.29, 1.82) is 0 Å². The molecule has 0 unspecified atom stereocenters. The second kappa shape index (κ2) is 6.69. The van der Waals surface area contributed by atoms with Crippen LogP contribution in [0.1, 0.15) is 24.3 Å². The Balaban J connectivity index is 2.32. The SMILES string of the molecule is CCOC(=O)c1cc(-c2ccc(OCC)cc2)nc(N)n1. The van der Waals surface area contributed by atoms with Crippen molar-refractivity contribution in [2.24, 2.45) is 0 Å². The van der Waals surface area contributed by atoms with E-state index in [2.05, 4.69) is 9.97 Å². The van der Waals surface area contributed by atoms with E-state index < -0.39 is 5.97 Å². The van der Waals surface area contributed by atoms with Crippen LogP contribution in [0.25, 0.3) is 11.3 Å². The first-order valence-electron chi connectivity index (χ1n) is 6.69. The number of esters is 1. The Labute approximate surface area is 122 Å². The largest absolute Gasteiger partial charge is 0.494 e. The zero-order valence-electron chi connectivity index (χ0n) is 12.0. The van der Waals surface area contributed by atoms with Gasteiger partial charge in [-0.2, -0.15) is 0 Å². The lowest BCUT2D eigenvalue weighted by atomic mass is 10.1. The number of nitrogens with zero attached hydrogens (tertiary/aromatic N) is 2. The van der Waals surface area contributed by atoms with E-state index in [0.29, 0.717) is 12.3 Å². The summed E-state index contributed by atoms with van der Waals surface area (Å²) < 4.78 is 10.3. The minimum Gasteiger partial charge on any atom is -0.494 e. The molecule has 0 radical (unpaired) electrons. The van der Waals surface area contributed by atoms with E-state index in [1.165, 1.54) is 0 Å². The highest BCUT2D eigenvalue weighted by Crippen LogP contribution is 2.22. The lowest BCUT2D eigenvalue weighted by molar-refractivity contribution is 0.0519. The fourth-order valence-electron chi connectivity index (χ4n) is 1.81. The summed E-state index contributed by atoms with van der Waals surface area (Å²) in [4.78, 5) is 19.8. The van der Waals surface area contributed by atoms with Crippen LogP contribution in [0.15, 0.2) is 30.3 Å². The Bertz CT molecular complexity index is 627. The lowest BCUT2D eigenvalue weighted by Gasteiger charge is -2.07. The average Bonchev–Trinajstić information content (AvgIpc) is 2.48. The van der Waals surface area contributed by atoms with Gasteiger partial charge in [-0.3, -0.25) is 0 Å². The fraction of sp³-hybridized carbons (Fsp3) is 0.267. The number of anilines is 1. The van der Waals surface area contributed by atoms with E-state index in [9.17, 15) is 4.79 Å². The van der Waals surface area contributed by atoms with Gasteiger partial charge < -0.3 is 15.2 Å². The molecule has 6 nitrogen and oxygen atoms in total. The van der Waals surface area contributed by atoms with Gasteiger partial charge in [-0.15, -0.1) is 0 Å². The number of aromatic nitrogens is 2. The van der Waals surface area contributed by atoms with Gasteiger partial charge in [0, 0.05) is 5.56 Å². The summed E-state index contributed by atoms with van der Waals surface area (Å²) in [7, 11) is 0. The Morgan fingerprint density at radius 3 is 2.48 bits per heavy atom. The molecule has 0 amide bonds. The molecule has 2 N–H and O–H groups in total. The molecule has 0 aliphatic heterocycles. The van der Waals surface area contributed by atoms with Gasteiger partial charge in [0.2, 0.25) is 5.95 Å². The van der Waals surface area contributed by atoms with Gasteiger partial charge in [-0.05, 0) is 44.2 Å². The minimum absolute atomic E-state index is 0.0319. The van der Waals surface area contributed by atoms with Crippen molar-refractivity contribution in [3.05, 3.63) is 36.0 Å². The highest BCUT2D eigenvalue weighted by atomic mass is 16.5. The molecular weight excluding hydrogens is 270 g/mol. The standard InChI is InChI=1S/C15H17N3O3/c1-3-20-11-7-5-10(6-8-11)12-9-13(14(19)21-4-2)18-15(16)17-12/h5-9H,3-4H2,1-2H3,(H2,16,17,18). The van der Waals surface area contributed by atoms with Gasteiger partial charge in [0.1, 0.15) is 5.75 Å². The molecule has 110 valence electrons.